The molecule has 0 saturated heterocycles. The molecule has 0 fully saturated rings. The minimum absolute atomic E-state index is 0.114. The zero-order valence-corrected chi connectivity index (χ0v) is 12.8. The van der Waals surface area contributed by atoms with Gasteiger partial charge in [0.05, 0.1) is 5.38 Å². The summed E-state index contributed by atoms with van der Waals surface area (Å²) in [7, 11) is 0. The molecule has 0 nitrogen and oxygen atoms in total. The van der Waals surface area contributed by atoms with Crippen molar-refractivity contribution in [2.24, 2.45) is 0 Å². The maximum atomic E-state index is 13.2. The van der Waals surface area contributed by atoms with Gasteiger partial charge in [0, 0.05) is 14.6 Å². The van der Waals surface area contributed by atoms with E-state index in [2.05, 4.69) is 0 Å². The first-order chi connectivity index (χ1) is 9.61. The topological polar surface area (TPSA) is 0 Å². The van der Waals surface area contributed by atoms with Gasteiger partial charge in [-0.3, -0.25) is 0 Å². The van der Waals surface area contributed by atoms with Crippen molar-refractivity contribution >= 4 is 44.6 Å². The lowest BCUT2D eigenvalue weighted by atomic mass is 10.1. The van der Waals surface area contributed by atoms with E-state index in [0.717, 1.165) is 32.0 Å². The fraction of sp³-hybridized carbons (Fsp3) is 0.125. The van der Waals surface area contributed by atoms with Gasteiger partial charge in [0.25, 0.3) is 0 Å². The Balaban J connectivity index is 1.84. The fourth-order valence-electron chi connectivity index (χ4n) is 2.11. The molecular formula is C16H11Cl2FS. The van der Waals surface area contributed by atoms with Crippen LogP contribution in [0.1, 0.15) is 15.8 Å². The summed E-state index contributed by atoms with van der Waals surface area (Å²) in [6.45, 7) is 0. The van der Waals surface area contributed by atoms with E-state index in [9.17, 15) is 4.39 Å². The van der Waals surface area contributed by atoms with Crippen LogP contribution in [0.15, 0.2) is 48.5 Å². The molecule has 1 aromatic heterocycles. The van der Waals surface area contributed by atoms with E-state index in [-0.39, 0.29) is 11.2 Å². The average Bonchev–Trinajstić information content (AvgIpc) is 2.84. The van der Waals surface area contributed by atoms with Crippen LogP contribution >= 0.6 is 34.5 Å². The summed E-state index contributed by atoms with van der Waals surface area (Å²) in [6, 6.07) is 14.5. The van der Waals surface area contributed by atoms with Crippen molar-refractivity contribution in [2.45, 2.75) is 11.8 Å². The van der Waals surface area contributed by atoms with Gasteiger partial charge in [-0.25, -0.2) is 4.39 Å². The van der Waals surface area contributed by atoms with E-state index < -0.39 is 0 Å². The Morgan fingerprint density at radius 3 is 2.55 bits per heavy atom. The van der Waals surface area contributed by atoms with Crippen LogP contribution in [0, 0.1) is 5.82 Å². The molecule has 0 saturated carbocycles. The molecular weight excluding hydrogens is 314 g/mol. The number of benzene rings is 2. The van der Waals surface area contributed by atoms with E-state index in [0.29, 0.717) is 0 Å². The molecule has 3 rings (SSSR count). The van der Waals surface area contributed by atoms with E-state index in [1.165, 1.54) is 6.07 Å². The van der Waals surface area contributed by atoms with Crippen molar-refractivity contribution in [1.29, 1.82) is 0 Å². The van der Waals surface area contributed by atoms with Crippen LogP contribution in [-0.4, -0.2) is 0 Å². The first kappa shape index (κ1) is 13.9. The summed E-state index contributed by atoms with van der Waals surface area (Å²) in [5, 5.41) is 1.64. The number of alkyl halides is 1. The lowest BCUT2D eigenvalue weighted by molar-refractivity contribution is 0.630. The summed E-state index contributed by atoms with van der Waals surface area (Å²) in [5.41, 5.74) is 1.14. The number of halogens is 3. The van der Waals surface area contributed by atoms with Crippen molar-refractivity contribution in [1.82, 2.24) is 0 Å². The van der Waals surface area contributed by atoms with Gasteiger partial charge in [-0.05, 0) is 47.7 Å². The van der Waals surface area contributed by atoms with Crippen LogP contribution in [-0.2, 0) is 6.42 Å². The van der Waals surface area contributed by atoms with Crippen molar-refractivity contribution in [2.75, 3.05) is 0 Å². The molecule has 1 unspecified atom stereocenters. The van der Waals surface area contributed by atoms with Crippen molar-refractivity contribution in [3.05, 3.63) is 69.8 Å². The van der Waals surface area contributed by atoms with Crippen molar-refractivity contribution in [3.63, 3.8) is 0 Å². The average molecular weight is 325 g/mol. The minimum atomic E-state index is -0.213. The Kier molecular flexibility index (Phi) is 3.97. The highest BCUT2D eigenvalue weighted by Crippen LogP contribution is 2.35. The van der Waals surface area contributed by atoms with E-state index >= 15 is 0 Å². The highest BCUT2D eigenvalue weighted by Gasteiger charge is 2.13. The van der Waals surface area contributed by atoms with Gasteiger partial charge in [0.1, 0.15) is 5.82 Å². The van der Waals surface area contributed by atoms with Crippen LogP contribution in [0.2, 0.25) is 5.02 Å². The Morgan fingerprint density at radius 1 is 1.05 bits per heavy atom. The second kappa shape index (κ2) is 5.72. The minimum Gasteiger partial charge on any atom is -0.207 e. The third kappa shape index (κ3) is 2.98. The van der Waals surface area contributed by atoms with Crippen LogP contribution in [0.25, 0.3) is 10.1 Å². The standard InChI is InChI=1S/C16H11Cl2FS/c17-12-4-1-10(2-5-12)7-14(18)16-8-11-3-6-13(19)9-15(11)20-16/h1-6,8-9,14H,7H2. The van der Waals surface area contributed by atoms with Gasteiger partial charge < -0.3 is 0 Å². The monoisotopic (exact) mass is 324 g/mol. The molecule has 20 heavy (non-hydrogen) atoms. The highest BCUT2D eigenvalue weighted by atomic mass is 35.5. The molecule has 0 spiro atoms. The first-order valence-corrected chi connectivity index (χ1v) is 7.82. The van der Waals surface area contributed by atoms with Gasteiger partial charge in [-0.2, -0.15) is 0 Å². The number of thiophene rings is 1. The maximum Gasteiger partial charge on any atom is 0.124 e. The summed E-state index contributed by atoms with van der Waals surface area (Å²) in [5.74, 6) is -0.213. The first-order valence-electron chi connectivity index (χ1n) is 6.19. The smallest absolute Gasteiger partial charge is 0.124 e. The second-order valence-corrected chi connectivity index (χ2v) is 6.71. The molecule has 0 aliphatic heterocycles. The molecule has 1 atom stereocenters. The summed E-state index contributed by atoms with van der Waals surface area (Å²) in [4.78, 5) is 1.06. The lowest BCUT2D eigenvalue weighted by Gasteiger charge is -2.07. The van der Waals surface area contributed by atoms with Gasteiger partial charge >= 0.3 is 0 Å². The Labute approximate surface area is 130 Å². The van der Waals surface area contributed by atoms with Crippen LogP contribution < -0.4 is 0 Å². The SMILES string of the molecule is Fc1ccc2cc(C(Cl)Cc3ccc(Cl)cc3)sc2c1. The van der Waals surface area contributed by atoms with Crippen LogP contribution in [0.4, 0.5) is 4.39 Å². The fourth-order valence-corrected chi connectivity index (χ4v) is 3.68. The molecule has 0 amide bonds. The molecule has 3 aromatic rings. The number of hydrogen-bond donors (Lipinski definition) is 0. The lowest BCUT2D eigenvalue weighted by Crippen LogP contribution is -1.92. The van der Waals surface area contributed by atoms with Crippen molar-refractivity contribution in [3.8, 4) is 0 Å². The molecule has 0 aliphatic rings. The number of hydrogen-bond acceptors (Lipinski definition) is 1. The number of rotatable bonds is 3. The van der Waals surface area contributed by atoms with E-state index in [1.807, 2.05) is 30.3 Å². The Hall–Kier alpha value is -1.09. The quantitative estimate of drug-likeness (QED) is 0.502. The molecule has 102 valence electrons. The van der Waals surface area contributed by atoms with Gasteiger partial charge in [-0.1, -0.05) is 29.8 Å². The second-order valence-electron chi connectivity index (χ2n) is 4.63. The maximum absolute atomic E-state index is 13.2. The van der Waals surface area contributed by atoms with Gasteiger partial charge in [-0.15, -0.1) is 22.9 Å². The normalized spacial score (nSPS) is 12.8. The Bertz CT molecular complexity index is 734. The summed E-state index contributed by atoms with van der Waals surface area (Å²) < 4.78 is 14.1. The van der Waals surface area contributed by atoms with E-state index in [1.54, 1.807) is 23.5 Å². The Morgan fingerprint density at radius 2 is 1.80 bits per heavy atom. The van der Waals surface area contributed by atoms with Gasteiger partial charge in [0.15, 0.2) is 0 Å². The summed E-state index contributed by atoms with van der Waals surface area (Å²) >= 11 is 13.9. The molecule has 1 heterocycles. The molecule has 0 radical (unpaired) electrons. The predicted molar refractivity (Wildman–Crippen MR) is 85.5 cm³/mol. The van der Waals surface area contributed by atoms with E-state index in [4.69, 9.17) is 23.2 Å². The van der Waals surface area contributed by atoms with Crippen molar-refractivity contribution < 1.29 is 4.39 Å². The molecule has 0 aliphatic carbocycles. The molecule has 2 aromatic carbocycles. The molecule has 0 N–H and O–H groups in total. The highest BCUT2D eigenvalue weighted by molar-refractivity contribution is 7.19. The molecule has 0 bridgehead atoms. The third-order valence-corrected chi connectivity index (χ3v) is 5.12. The zero-order valence-electron chi connectivity index (χ0n) is 10.4. The third-order valence-electron chi connectivity index (χ3n) is 3.14. The summed E-state index contributed by atoms with van der Waals surface area (Å²) in [6.07, 6.45) is 0.730. The predicted octanol–water partition coefficient (Wildman–Crippen LogP) is 6.22. The zero-order chi connectivity index (χ0) is 14.1. The van der Waals surface area contributed by atoms with Crippen LogP contribution in [0.5, 0.6) is 0 Å². The largest absolute Gasteiger partial charge is 0.207 e. The molecule has 4 heteroatoms. The van der Waals surface area contributed by atoms with Gasteiger partial charge in [0.2, 0.25) is 0 Å². The number of fused-ring (bicyclic) bond motifs is 1. The van der Waals surface area contributed by atoms with Crippen LogP contribution in [0.3, 0.4) is 0 Å².